The van der Waals surface area contributed by atoms with Crippen molar-refractivity contribution in [3.63, 3.8) is 0 Å². The second-order valence-corrected chi connectivity index (χ2v) is 4.14. The summed E-state index contributed by atoms with van der Waals surface area (Å²) in [6.07, 6.45) is 2.48. The van der Waals surface area contributed by atoms with Crippen LogP contribution in [0.1, 0.15) is 31.0 Å². The highest BCUT2D eigenvalue weighted by molar-refractivity contribution is 5.58. The first-order valence-corrected chi connectivity index (χ1v) is 5.55. The van der Waals surface area contributed by atoms with Crippen LogP contribution in [0.3, 0.4) is 0 Å². The molecule has 86 valence electrons. The lowest BCUT2D eigenvalue weighted by atomic mass is 10.0. The van der Waals surface area contributed by atoms with Crippen molar-refractivity contribution in [2.75, 3.05) is 6.54 Å². The van der Waals surface area contributed by atoms with Gasteiger partial charge in [0.15, 0.2) is 5.76 Å². The molecular formula is C12H17N3O. The van der Waals surface area contributed by atoms with E-state index in [0.29, 0.717) is 12.5 Å². The second kappa shape index (κ2) is 4.53. The highest BCUT2D eigenvalue weighted by Gasteiger charge is 2.17. The van der Waals surface area contributed by atoms with Crippen molar-refractivity contribution in [3.8, 4) is 11.5 Å². The number of nitrogens with zero attached hydrogens (tertiary/aromatic N) is 1. The van der Waals surface area contributed by atoms with E-state index in [9.17, 15) is 0 Å². The van der Waals surface area contributed by atoms with E-state index in [0.717, 1.165) is 23.6 Å². The Kier molecular flexibility index (Phi) is 3.10. The van der Waals surface area contributed by atoms with Crippen LogP contribution in [0.25, 0.3) is 11.5 Å². The Morgan fingerprint density at radius 2 is 2.31 bits per heavy atom. The molecule has 3 N–H and O–H groups in total. The molecule has 0 fully saturated rings. The Bertz CT molecular complexity index is 443. The van der Waals surface area contributed by atoms with Gasteiger partial charge in [-0.05, 0) is 31.0 Å². The second-order valence-electron chi connectivity index (χ2n) is 4.14. The molecule has 16 heavy (non-hydrogen) atoms. The quantitative estimate of drug-likeness (QED) is 0.829. The average Bonchev–Trinajstić information content (AvgIpc) is 2.84. The van der Waals surface area contributed by atoms with Crippen LogP contribution in [0.4, 0.5) is 0 Å². The third-order valence-corrected chi connectivity index (χ3v) is 2.63. The minimum atomic E-state index is 0.415. The number of nitrogens with one attached hydrogen (secondary N) is 1. The van der Waals surface area contributed by atoms with Crippen molar-refractivity contribution in [1.29, 1.82) is 0 Å². The molecule has 2 rings (SSSR count). The molecule has 0 atom stereocenters. The number of nitrogens with two attached hydrogens (primary N) is 1. The van der Waals surface area contributed by atoms with E-state index in [2.05, 4.69) is 24.0 Å². The zero-order valence-corrected chi connectivity index (χ0v) is 9.66. The van der Waals surface area contributed by atoms with E-state index in [1.807, 2.05) is 12.1 Å². The number of furan rings is 1. The molecule has 2 heterocycles. The lowest BCUT2D eigenvalue weighted by Gasteiger charge is -2.05. The molecule has 0 radical (unpaired) electrons. The summed E-state index contributed by atoms with van der Waals surface area (Å²) in [6, 6.07) is 3.78. The molecule has 2 aromatic heterocycles. The predicted molar refractivity (Wildman–Crippen MR) is 63.1 cm³/mol. The lowest BCUT2D eigenvalue weighted by Crippen LogP contribution is -2.05. The monoisotopic (exact) mass is 219 g/mol. The Labute approximate surface area is 94.8 Å². The van der Waals surface area contributed by atoms with E-state index in [-0.39, 0.29) is 0 Å². The molecule has 0 aliphatic carbocycles. The van der Waals surface area contributed by atoms with Gasteiger partial charge >= 0.3 is 0 Å². The van der Waals surface area contributed by atoms with Gasteiger partial charge in [-0.1, -0.05) is 13.8 Å². The zero-order chi connectivity index (χ0) is 11.5. The van der Waals surface area contributed by atoms with E-state index in [1.165, 1.54) is 5.56 Å². The number of aromatic nitrogens is 2. The van der Waals surface area contributed by atoms with Crippen LogP contribution in [0, 0.1) is 0 Å². The Balaban J connectivity index is 2.46. The lowest BCUT2D eigenvalue weighted by molar-refractivity contribution is 0.579. The molecule has 4 heteroatoms. The molecule has 0 spiro atoms. The van der Waals surface area contributed by atoms with Gasteiger partial charge in [-0.3, -0.25) is 5.10 Å². The summed E-state index contributed by atoms with van der Waals surface area (Å²) in [5, 5.41) is 7.41. The number of hydrogen-bond donors (Lipinski definition) is 2. The SMILES string of the molecule is CC(C)c1[nH]nc(-c2ccco2)c1CCN. The summed E-state index contributed by atoms with van der Waals surface area (Å²) < 4.78 is 5.38. The molecule has 0 aliphatic rings. The van der Waals surface area contributed by atoms with E-state index < -0.39 is 0 Å². The van der Waals surface area contributed by atoms with E-state index >= 15 is 0 Å². The summed E-state index contributed by atoms with van der Waals surface area (Å²) in [5.74, 6) is 1.21. The summed E-state index contributed by atoms with van der Waals surface area (Å²) in [7, 11) is 0. The normalized spacial score (nSPS) is 11.2. The van der Waals surface area contributed by atoms with Crippen molar-refractivity contribution in [3.05, 3.63) is 29.7 Å². The van der Waals surface area contributed by atoms with Gasteiger partial charge in [-0.25, -0.2) is 0 Å². The van der Waals surface area contributed by atoms with Crippen molar-refractivity contribution in [2.24, 2.45) is 5.73 Å². The first-order chi connectivity index (χ1) is 7.74. The molecule has 2 aromatic rings. The zero-order valence-electron chi connectivity index (χ0n) is 9.66. The fraction of sp³-hybridized carbons (Fsp3) is 0.417. The van der Waals surface area contributed by atoms with Gasteiger partial charge < -0.3 is 10.2 Å². The molecule has 0 saturated carbocycles. The third-order valence-electron chi connectivity index (χ3n) is 2.63. The molecule has 0 unspecified atom stereocenters. The molecule has 0 amide bonds. The van der Waals surface area contributed by atoms with Crippen molar-refractivity contribution >= 4 is 0 Å². The standard InChI is InChI=1S/C12H17N3O/c1-8(2)11-9(5-6-13)12(15-14-11)10-4-3-7-16-10/h3-4,7-8H,5-6,13H2,1-2H3,(H,14,15). The first kappa shape index (κ1) is 11.0. The Hall–Kier alpha value is -1.55. The van der Waals surface area contributed by atoms with Crippen LogP contribution in [0.5, 0.6) is 0 Å². The van der Waals surface area contributed by atoms with Gasteiger partial charge in [0.2, 0.25) is 0 Å². The largest absolute Gasteiger partial charge is 0.463 e. The molecule has 0 bridgehead atoms. The molecule has 0 saturated heterocycles. The minimum absolute atomic E-state index is 0.415. The van der Waals surface area contributed by atoms with Gasteiger partial charge in [0, 0.05) is 11.3 Å². The molecular weight excluding hydrogens is 202 g/mol. The summed E-state index contributed by atoms with van der Waals surface area (Å²) in [6.45, 7) is 4.89. The maximum Gasteiger partial charge on any atom is 0.154 e. The van der Waals surface area contributed by atoms with Gasteiger partial charge in [-0.2, -0.15) is 5.10 Å². The van der Waals surface area contributed by atoms with Gasteiger partial charge in [0.05, 0.1) is 6.26 Å². The predicted octanol–water partition coefficient (Wildman–Crippen LogP) is 2.29. The summed E-state index contributed by atoms with van der Waals surface area (Å²) in [5.41, 5.74) is 8.85. The van der Waals surface area contributed by atoms with Gasteiger partial charge in [-0.15, -0.1) is 0 Å². The van der Waals surface area contributed by atoms with Crippen LogP contribution >= 0.6 is 0 Å². The van der Waals surface area contributed by atoms with Gasteiger partial charge in [0.1, 0.15) is 5.69 Å². The number of hydrogen-bond acceptors (Lipinski definition) is 3. The fourth-order valence-corrected chi connectivity index (χ4v) is 1.87. The maximum atomic E-state index is 5.64. The average molecular weight is 219 g/mol. The fourth-order valence-electron chi connectivity index (χ4n) is 1.87. The Morgan fingerprint density at radius 3 is 2.88 bits per heavy atom. The van der Waals surface area contributed by atoms with Crippen LogP contribution in [0.15, 0.2) is 22.8 Å². The van der Waals surface area contributed by atoms with E-state index in [4.69, 9.17) is 10.2 Å². The number of aromatic amines is 1. The van der Waals surface area contributed by atoms with Crippen LogP contribution in [-0.2, 0) is 6.42 Å². The number of H-pyrrole nitrogens is 1. The molecule has 0 aromatic carbocycles. The smallest absolute Gasteiger partial charge is 0.154 e. The minimum Gasteiger partial charge on any atom is -0.463 e. The first-order valence-electron chi connectivity index (χ1n) is 5.55. The summed E-state index contributed by atoms with van der Waals surface area (Å²) >= 11 is 0. The highest BCUT2D eigenvalue weighted by atomic mass is 16.3. The number of rotatable bonds is 4. The van der Waals surface area contributed by atoms with Crippen molar-refractivity contribution in [1.82, 2.24) is 10.2 Å². The highest BCUT2D eigenvalue weighted by Crippen LogP contribution is 2.28. The molecule has 4 nitrogen and oxygen atoms in total. The third kappa shape index (κ3) is 1.88. The van der Waals surface area contributed by atoms with Gasteiger partial charge in [0.25, 0.3) is 0 Å². The van der Waals surface area contributed by atoms with Crippen LogP contribution < -0.4 is 5.73 Å². The van der Waals surface area contributed by atoms with Crippen LogP contribution in [0.2, 0.25) is 0 Å². The summed E-state index contributed by atoms with van der Waals surface area (Å²) in [4.78, 5) is 0. The Morgan fingerprint density at radius 1 is 1.50 bits per heavy atom. The van der Waals surface area contributed by atoms with E-state index in [1.54, 1.807) is 6.26 Å². The maximum absolute atomic E-state index is 5.64. The molecule has 0 aliphatic heterocycles. The topological polar surface area (TPSA) is 67.8 Å². The van der Waals surface area contributed by atoms with Crippen LogP contribution in [-0.4, -0.2) is 16.7 Å². The van der Waals surface area contributed by atoms with Crippen molar-refractivity contribution in [2.45, 2.75) is 26.2 Å². The van der Waals surface area contributed by atoms with Crippen molar-refractivity contribution < 1.29 is 4.42 Å².